The molecular formula is C18H27N3O3. The molecule has 0 spiro atoms. The van der Waals surface area contributed by atoms with Crippen molar-refractivity contribution < 1.29 is 9.72 Å². The molecule has 0 aliphatic carbocycles. The van der Waals surface area contributed by atoms with Crippen LogP contribution in [0, 0.1) is 23.0 Å². The maximum Gasteiger partial charge on any atom is 0.273 e. The molecule has 1 aliphatic heterocycles. The summed E-state index contributed by atoms with van der Waals surface area (Å²) in [5.41, 5.74) is 0.613. The predicted molar refractivity (Wildman–Crippen MR) is 94.2 cm³/mol. The molecule has 1 aromatic carbocycles. The van der Waals surface area contributed by atoms with Crippen molar-refractivity contribution in [3.05, 3.63) is 39.4 Å². The molecule has 6 nitrogen and oxygen atoms in total. The number of nitrogens with one attached hydrogen (secondary N) is 1. The second-order valence-electron chi connectivity index (χ2n) is 7.40. The Morgan fingerprint density at radius 1 is 1.46 bits per heavy atom. The average molecular weight is 333 g/mol. The highest BCUT2D eigenvalue weighted by molar-refractivity contribution is 5.96. The van der Waals surface area contributed by atoms with E-state index < -0.39 is 4.92 Å². The zero-order chi connectivity index (χ0) is 17.9. The van der Waals surface area contributed by atoms with E-state index in [0.29, 0.717) is 23.6 Å². The molecule has 1 amide bonds. The maximum absolute atomic E-state index is 12.5. The quantitative estimate of drug-likeness (QED) is 0.663. The average Bonchev–Trinajstić information content (AvgIpc) is 2.52. The molecule has 0 bridgehead atoms. The van der Waals surface area contributed by atoms with Crippen LogP contribution in [0.1, 0.15) is 49.5 Å². The van der Waals surface area contributed by atoms with Gasteiger partial charge < -0.3 is 5.32 Å². The molecule has 132 valence electrons. The van der Waals surface area contributed by atoms with Crippen LogP contribution >= 0.6 is 0 Å². The molecule has 0 radical (unpaired) electrons. The van der Waals surface area contributed by atoms with E-state index in [2.05, 4.69) is 31.0 Å². The van der Waals surface area contributed by atoms with Gasteiger partial charge in [0.1, 0.15) is 0 Å². The number of carbonyl (C=O) groups excluding carboxylic acids is 1. The summed E-state index contributed by atoms with van der Waals surface area (Å²) in [5.74, 6) is 0.419. The lowest BCUT2D eigenvalue weighted by Crippen LogP contribution is -2.54. The fraction of sp³-hybridized carbons (Fsp3) is 0.611. The number of rotatable bonds is 5. The van der Waals surface area contributed by atoms with E-state index in [1.807, 2.05) is 0 Å². The highest BCUT2D eigenvalue weighted by atomic mass is 16.6. The normalized spacial score (nSPS) is 19.1. The van der Waals surface area contributed by atoms with Crippen LogP contribution in [0.3, 0.4) is 0 Å². The zero-order valence-corrected chi connectivity index (χ0v) is 15.0. The number of benzene rings is 1. The first kappa shape index (κ1) is 18.4. The van der Waals surface area contributed by atoms with Crippen LogP contribution in [-0.2, 0) is 0 Å². The molecule has 1 saturated heterocycles. The van der Waals surface area contributed by atoms with Gasteiger partial charge in [0, 0.05) is 35.8 Å². The molecule has 6 heteroatoms. The molecule has 1 aromatic rings. The van der Waals surface area contributed by atoms with Crippen LogP contribution in [0.25, 0.3) is 0 Å². The first-order valence-corrected chi connectivity index (χ1v) is 8.49. The highest BCUT2D eigenvalue weighted by Crippen LogP contribution is 2.24. The topological polar surface area (TPSA) is 75.5 Å². The molecule has 1 atom stereocenters. The largest absolute Gasteiger partial charge is 0.350 e. The fourth-order valence-electron chi connectivity index (χ4n) is 3.31. The Labute approximate surface area is 143 Å². The van der Waals surface area contributed by atoms with Crippen molar-refractivity contribution in [1.29, 1.82) is 0 Å². The summed E-state index contributed by atoms with van der Waals surface area (Å²) in [4.78, 5) is 25.5. The summed E-state index contributed by atoms with van der Waals surface area (Å²) >= 11 is 0. The number of hydrogen-bond donors (Lipinski definition) is 1. The molecule has 1 aliphatic rings. The lowest BCUT2D eigenvalue weighted by molar-refractivity contribution is -0.385. The number of hydrogen-bond acceptors (Lipinski definition) is 4. The minimum atomic E-state index is -0.453. The van der Waals surface area contributed by atoms with Crippen LogP contribution in [0.15, 0.2) is 18.2 Å². The summed E-state index contributed by atoms with van der Waals surface area (Å²) in [5, 5.41) is 14.0. The third kappa shape index (κ3) is 4.12. The van der Waals surface area contributed by atoms with Crippen LogP contribution in [0.5, 0.6) is 0 Å². The van der Waals surface area contributed by atoms with E-state index in [9.17, 15) is 14.9 Å². The molecular weight excluding hydrogens is 306 g/mol. The minimum absolute atomic E-state index is 0.0215. The van der Waals surface area contributed by atoms with E-state index in [4.69, 9.17) is 0 Å². The fourth-order valence-corrected chi connectivity index (χ4v) is 3.31. The Kier molecular flexibility index (Phi) is 5.59. The van der Waals surface area contributed by atoms with Crippen molar-refractivity contribution in [3.8, 4) is 0 Å². The van der Waals surface area contributed by atoms with Gasteiger partial charge in [-0.15, -0.1) is 0 Å². The number of nitrogens with zero attached hydrogens (tertiary/aromatic N) is 2. The number of amides is 1. The Morgan fingerprint density at radius 2 is 2.17 bits per heavy atom. The van der Waals surface area contributed by atoms with Crippen LogP contribution in [0.4, 0.5) is 5.69 Å². The molecule has 0 saturated carbocycles. The standard InChI is InChI=1S/C18H27N3O3/c1-13-7-6-10-20(11-13)18(3,4)12-19-17(22)15-8-5-9-16(14(15)2)21(23)24/h5,8-9,13H,6-7,10-12H2,1-4H3,(H,19,22). The van der Waals surface area contributed by atoms with Gasteiger partial charge >= 0.3 is 0 Å². The van der Waals surface area contributed by atoms with Gasteiger partial charge in [-0.1, -0.05) is 13.0 Å². The summed E-state index contributed by atoms with van der Waals surface area (Å²) in [7, 11) is 0. The second-order valence-corrected chi connectivity index (χ2v) is 7.40. The third-order valence-electron chi connectivity index (χ3n) is 4.94. The number of likely N-dealkylation sites (tertiary alicyclic amines) is 1. The van der Waals surface area contributed by atoms with Crippen molar-refractivity contribution in [1.82, 2.24) is 10.2 Å². The van der Waals surface area contributed by atoms with Crippen molar-refractivity contribution in [2.24, 2.45) is 5.92 Å². The summed E-state index contributed by atoms with van der Waals surface area (Å²) < 4.78 is 0. The molecule has 1 fully saturated rings. The van der Waals surface area contributed by atoms with Crippen molar-refractivity contribution in [2.45, 2.75) is 46.1 Å². The molecule has 2 rings (SSSR count). The Morgan fingerprint density at radius 3 is 2.79 bits per heavy atom. The molecule has 24 heavy (non-hydrogen) atoms. The van der Waals surface area contributed by atoms with Crippen molar-refractivity contribution in [2.75, 3.05) is 19.6 Å². The van der Waals surface area contributed by atoms with Crippen molar-refractivity contribution >= 4 is 11.6 Å². The van der Waals surface area contributed by atoms with Crippen molar-refractivity contribution in [3.63, 3.8) is 0 Å². The highest BCUT2D eigenvalue weighted by Gasteiger charge is 2.30. The Balaban J connectivity index is 2.05. The molecule has 0 aromatic heterocycles. The van der Waals surface area contributed by atoms with Gasteiger partial charge in [-0.25, -0.2) is 0 Å². The SMILES string of the molecule is Cc1c(C(=O)NCC(C)(C)N2CCCC(C)C2)cccc1[N+](=O)[O-]. The van der Waals surface area contributed by atoms with Gasteiger partial charge in [0.05, 0.1) is 4.92 Å². The van der Waals surface area contributed by atoms with E-state index in [1.165, 1.54) is 18.9 Å². The van der Waals surface area contributed by atoms with Crippen LogP contribution in [-0.4, -0.2) is 40.9 Å². The number of carbonyl (C=O) groups is 1. The first-order chi connectivity index (χ1) is 11.2. The van der Waals surface area contributed by atoms with Gasteiger partial charge in [0.2, 0.25) is 0 Å². The first-order valence-electron chi connectivity index (χ1n) is 8.49. The van der Waals surface area contributed by atoms with Crippen LogP contribution < -0.4 is 5.32 Å². The predicted octanol–water partition coefficient (Wildman–Crippen LogP) is 3.14. The van der Waals surface area contributed by atoms with Gasteiger partial charge in [-0.05, 0) is 52.1 Å². The van der Waals surface area contributed by atoms with E-state index >= 15 is 0 Å². The smallest absolute Gasteiger partial charge is 0.273 e. The molecule has 1 unspecified atom stereocenters. The maximum atomic E-state index is 12.5. The van der Waals surface area contributed by atoms with Gasteiger partial charge in [0.15, 0.2) is 0 Å². The zero-order valence-electron chi connectivity index (χ0n) is 15.0. The number of nitro groups is 1. The van der Waals surface area contributed by atoms with E-state index in [-0.39, 0.29) is 17.1 Å². The Bertz CT molecular complexity index is 628. The summed E-state index contributed by atoms with van der Waals surface area (Å²) in [6.45, 7) is 10.7. The molecule has 1 N–H and O–H groups in total. The molecule has 1 heterocycles. The summed E-state index contributed by atoms with van der Waals surface area (Å²) in [6.07, 6.45) is 2.44. The van der Waals surface area contributed by atoms with Crippen LogP contribution in [0.2, 0.25) is 0 Å². The lowest BCUT2D eigenvalue weighted by Gasteiger charge is -2.43. The minimum Gasteiger partial charge on any atom is -0.350 e. The Hall–Kier alpha value is -1.95. The number of piperidine rings is 1. The third-order valence-corrected chi connectivity index (χ3v) is 4.94. The second kappa shape index (κ2) is 7.30. The monoisotopic (exact) mass is 333 g/mol. The lowest BCUT2D eigenvalue weighted by atomic mass is 9.93. The van der Waals surface area contributed by atoms with Gasteiger partial charge in [-0.2, -0.15) is 0 Å². The van der Waals surface area contributed by atoms with E-state index in [1.54, 1.807) is 19.1 Å². The van der Waals surface area contributed by atoms with E-state index in [0.717, 1.165) is 13.1 Å². The summed E-state index contributed by atoms with van der Waals surface area (Å²) in [6, 6.07) is 4.61. The number of nitro benzene ring substituents is 1. The van der Waals surface area contributed by atoms with Gasteiger partial charge in [0.25, 0.3) is 11.6 Å². The van der Waals surface area contributed by atoms with Gasteiger partial charge in [-0.3, -0.25) is 19.8 Å².